The molecule has 0 saturated carbocycles. The number of nitrogens with zero attached hydrogens (tertiary/aromatic N) is 3. The summed E-state index contributed by atoms with van der Waals surface area (Å²) >= 11 is 0. The van der Waals surface area contributed by atoms with Gasteiger partial charge in [-0.3, -0.25) is 0 Å². The lowest BCUT2D eigenvalue weighted by molar-refractivity contribution is 0.0691. The Morgan fingerprint density at radius 1 is 1.41 bits per heavy atom. The second kappa shape index (κ2) is 3.98. The van der Waals surface area contributed by atoms with Gasteiger partial charge in [-0.25, -0.2) is 9.48 Å². The van der Waals surface area contributed by atoms with Crippen molar-refractivity contribution in [2.75, 3.05) is 5.73 Å². The normalized spacial score (nSPS) is 9.82. The van der Waals surface area contributed by atoms with E-state index in [1.54, 1.807) is 24.3 Å². The van der Waals surface area contributed by atoms with Crippen LogP contribution in [0.4, 0.5) is 5.69 Å². The summed E-state index contributed by atoms with van der Waals surface area (Å²) in [7, 11) is 0. The Balaban J connectivity index is 2.43. The number of benzene rings is 1. The molecular formula is C11H8N4O2. The van der Waals surface area contributed by atoms with Crippen molar-refractivity contribution in [2.45, 2.75) is 0 Å². The first kappa shape index (κ1) is 10.7. The maximum absolute atomic E-state index is 10.8. The summed E-state index contributed by atoms with van der Waals surface area (Å²) in [5, 5.41) is 21.3. The summed E-state index contributed by atoms with van der Waals surface area (Å²) in [5.74, 6) is -1.17. The molecule has 2 rings (SSSR count). The van der Waals surface area contributed by atoms with Gasteiger partial charge in [0.15, 0.2) is 5.69 Å². The highest BCUT2D eigenvalue weighted by atomic mass is 16.4. The smallest absolute Gasteiger partial charge is 0.358 e. The number of nitrogens with two attached hydrogens (primary N) is 1. The van der Waals surface area contributed by atoms with Gasteiger partial charge in [-0.15, -0.1) is 0 Å². The number of anilines is 1. The van der Waals surface area contributed by atoms with E-state index in [2.05, 4.69) is 5.10 Å². The summed E-state index contributed by atoms with van der Waals surface area (Å²) in [6, 6.07) is 8.56. The van der Waals surface area contributed by atoms with Crippen LogP contribution >= 0.6 is 0 Å². The number of carboxylic acid groups (broad SMARTS) is 1. The van der Waals surface area contributed by atoms with Gasteiger partial charge in [0.1, 0.15) is 0 Å². The zero-order valence-corrected chi connectivity index (χ0v) is 8.66. The first-order chi connectivity index (χ1) is 8.11. The molecule has 84 valence electrons. The van der Waals surface area contributed by atoms with Crippen molar-refractivity contribution in [1.29, 1.82) is 5.26 Å². The average Bonchev–Trinajstić information content (AvgIpc) is 2.71. The van der Waals surface area contributed by atoms with E-state index in [-0.39, 0.29) is 11.4 Å². The van der Waals surface area contributed by atoms with Crippen LogP contribution in [0.3, 0.4) is 0 Å². The van der Waals surface area contributed by atoms with Gasteiger partial charge in [-0.05, 0) is 24.3 Å². The van der Waals surface area contributed by atoms with Crippen molar-refractivity contribution in [3.05, 3.63) is 41.7 Å². The summed E-state index contributed by atoms with van der Waals surface area (Å²) in [6.45, 7) is 0. The van der Waals surface area contributed by atoms with Gasteiger partial charge in [0.05, 0.1) is 29.2 Å². The van der Waals surface area contributed by atoms with E-state index in [4.69, 9.17) is 16.1 Å². The van der Waals surface area contributed by atoms with Crippen molar-refractivity contribution < 1.29 is 9.90 Å². The topological polar surface area (TPSA) is 105 Å². The molecule has 0 spiro atoms. The van der Waals surface area contributed by atoms with Crippen molar-refractivity contribution in [1.82, 2.24) is 9.78 Å². The summed E-state index contributed by atoms with van der Waals surface area (Å²) in [4.78, 5) is 10.8. The fraction of sp³-hybridized carbons (Fsp3) is 0. The number of aromatic nitrogens is 2. The number of nitriles is 1. The van der Waals surface area contributed by atoms with Crippen LogP contribution in [0.25, 0.3) is 5.69 Å². The maximum atomic E-state index is 10.8. The summed E-state index contributed by atoms with van der Waals surface area (Å²) in [5.41, 5.74) is 6.59. The number of carboxylic acids is 1. The molecule has 0 bridgehead atoms. The van der Waals surface area contributed by atoms with Crippen LogP contribution in [0.1, 0.15) is 16.1 Å². The lowest BCUT2D eigenvalue weighted by Crippen LogP contribution is -2.02. The highest BCUT2D eigenvalue weighted by Crippen LogP contribution is 2.14. The molecule has 1 aromatic heterocycles. The SMILES string of the molecule is N#Cc1ccc(-n2cc(N)c(C(=O)O)n2)cc1. The molecule has 1 heterocycles. The second-order valence-electron chi connectivity index (χ2n) is 3.34. The van der Waals surface area contributed by atoms with E-state index in [0.29, 0.717) is 11.3 Å². The van der Waals surface area contributed by atoms with Gasteiger partial charge in [-0.1, -0.05) is 0 Å². The van der Waals surface area contributed by atoms with E-state index in [1.807, 2.05) is 6.07 Å². The Bertz CT molecular complexity index is 607. The highest BCUT2D eigenvalue weighted by molar-refractivity contribution is 5.91. The van der Waals surface area contributed by atoms with Gasteiger partial charge in [0.25, 0.3) is 0 Å². The molecule has 0 radical (unpaired) electrons. The lowest BCUT2D eigenvalue weighted by Gasteiger charge is -1.99. The van der Waals surface area contributed by atoms with Gasteiger partial charge in [0.2, 0.25) is 0 Å². The van der Waals surface area contributed by atoms with Gasteiger partial charge in [-0.2, -0.15) is 10.4 Å². The van der Waals surface area contributed by atoms with E-state index >= 15 is 0 Å². The molecule has 0 aliphatic rings. The first-order valence-electron chi connectivity index (χ1n) is 4.71. The fourth-order valence-corrected chi connectivity index (χ4v) is 1.37. The Morgan fingerprint density at radius 3 is 2.53 bits per heavy atom. The molecule has 0 aliphatic heterocycles. The zero-order valence-electron chi connectivity index (χ0n) is 8.66. The molecule has 6 nitrogen and oxygen atoms in total. The molecule has 6 heteroatoms. The van der Waals surface area contributed by atoms with Crippen molar-refractivity contribution in [2.24, 2.45) is 0 Å². The number of hydrogen-bond donors (Lipinski definition) is 2. The van der Waals surface area contributed by atoms with E-state index in [0.717, 1.165) is 0 Å². The third-order valence-corrected chi connectivity index (χ3v) is 2.21. The Morgan fingerprint density at radius 2 is 2.06 bits per heavy atom. The monoisotopic (exact) mass is 228 g/mol. The first-order valence-corrected chi connectivity index (χ1v) is 4.71. The Hall–Kier alpha value is -2.81. The molecule has 0 atom stereocenters. The molecule has 3 N–H and O–H groups in total. The van der Waals surface area contributed by atoms with E-state index in [9.17, 15) is 4.79 Å². The van der Waals surface area contributed by atoms with Crippen molar-refractivity contribution >= 4 is 11.7 Å². The van der Waals surface area contributed by atoms with Crippen LogP contribution < -0.4 is 5.73 Å². The minimum absolute atomic E-state index is 0.0989. The van der Waals surface area contributed by atoms with E-state index in [1.165, 1.54) is 10.9 Å². The van der Waals surface area contributed by atoms with Crippen LogP contribution in [0.5, 0.6) is 0 Å². The molecule has 0 unspecified atom stereocenters. The largest absolute Gasteiger partial charge is 0.476 e. The molecule has 0 fully saturated rings. The minimum Gasteiger partial charge on any atom is -0.476 e. The van der Waals surface area contributed by atoms with Crippen LogP contribution in [-0.4, -0.2) is 20.9 Å². The lowest BCUT2D eigenvalue weighted by atomic mass is 10.2. The molecule has 0 aliphatic carbocycles. The summed E-state index contributed by atoms with van der Waals surface area (Å²) < 4.78 is 1.36. The average molecular weight is 228 g/mol. The molecule has 0 amide bonds. The number of nitrogen functional groups attached to an aromatic ring is 1. The van der Waals surface area contributed by atoms with Gasteiger partial charge < -0.3 is 10.8 Å². The number of hydrogen-bond acceptors (Lipinski definition) is 4. The highest BCUT2D eigenvalue weighted by Gasteiger charge is 2.13. The van der Waals surface area contributed by atoms with E-state index < -0.39 is 5.97 Å². The van der Waals surface area contributed by atoms with Gasteiger partial charge >= 0.3 is 5.97 Å². The Labute approximate surface area is 96.5 Å². The minimum atomic E-state index is -1.17. The second-order valence-corrected chi connectivity index (χ2v) is 3.34. The molecule has 2 aromatic rings. The quantitative estimate of drug-likeness (QED) is 0.798. The van der Waals surface area contributed by atoms with Gasteiger partial charge in [0, 0.05) is 0 Å². The summed E-state index contributed by atoms with van der Waals surface area (Å²) in [6.07, 6.45) is 1.42. The van der Waals surface area contributed by atoms with Crippen LogP contribution in [-0.2, 0) is 0 Å². The number of carbonyl (C=O) groups is 1. The predicted molar refractivity (Wildman–Crippen MR) is 59.7 cm³/mol. The molecule has 1 aromatic carbocycles. The Kier molecular flexibility index (Phi) is 2.51. The fourth-order valence-electron chi connectivity index (χ4n) is 1.37. The molecule has 0 saturated heterocycles. The molecular weight excluding hydrogens is 220 g/mol. The number of rotatable bonds is 2. The van der Waals surface area contributed by atoms with Crippen LogP contribution in [0.15, 0.2) is 30.5 Å². The van der Waals surface area contributed by atoms with Crippen LogP contribution in [0.2, 0.25) is 0 Å². The third kappa shape index (κ3) is 1.94. The van der Waals surface area contributed by atoms with Crippen LogP contribution in [0, 0.1) is 11.3 Å². The third-order valence-electron chi connectivity index (χ3n) is 2.21. The maximum Gasteiger partial charge on any atom is 0.358 e. The van der Waals surface area contributed by atoms with Crippen molar-refractivity contribution in [3.8, 4) is 11.8 Å². The number of aromatic carboxylic acids is 1. The standard InChI is InChI=1S/C11H8N4O2/c12-5-7-1-3-8(4-2-7)15-6-9(13)10(14-15)11(16)17/h1-4,6H,13H2,(H,16,17). The predicted octanol–water partition coefficient (Wildman–Crippen LogP) is 1.02. The molecule has 17 heavy (non-hydrogen) atoms. The zero-order chi connectivity index (χ0) is 12.4. The van der Waals surface area contributed by atoms with Crippen molar-refractivity contribution in [3.63, 3.8) is 0 Å².